The lowest BCUT2D eigenvalue weighted by Crippen LogP contribution is -1.90. The summed E-state index contributed by atoms with van der Waals surface area (Å²) in [6, 6.07) is 0. The lowest BCUT2D eigenvalue weighted by atomic mass is 10.5. The van der Waals surface area contributed by atoms with Crippen LogP contribution >= 0.6 is 10.8 Å². The molecule has 0 saturated carbocycles. The lowest BCUT2D eigenvalue weighted by molar-refractivity contribution is 0.688. The molecule has 8 heavy (non-hydrogen) atoms. The monoisotopic (exact) mass is 151 g/mol. The summed E-state index contributed by atoms with van der Waals surface area (Å²) in [5, 5.41) is 0. The van der Waals surface area contributed by atoms with E-state index < -0.39 is 8.76 Å². The molecule has 1 unspecified atom stereocenters. The standard InChI is InChI=1S/C4H9NOS2/c1-7-8(6)4-2-3-5-8/h2-4H2,1H3. The molecule has 0 fully saturated rings. The van der Waals surface area contributed by atoms with Gasteiger partial charge in [-0.25, -0.2) is 8.57 Å². The van der Waals surface area contributed by atoms with Crippen LogP contribution in [0.3, 0.4) is 0 Å². The highest BCUT2D eigenvalue weighted by Crippen LogP contribution is 2.18. The van der Waals surface area contributed by atoms with E-state index in [9.17, 15) is 4.21 Å². The van der Waals surface area contributed by atoms with Crippen LogP contribution in [0.25, 0.3) is 0 Å². The second-order valence-corrected chi connectivity index (χ2v) is 6.39. The molecule has 0 aromatic heterocycles. The first kappa shape index (κ1) is 6.42. The molecular formula is C4H9NOS2. The van der Waals surface area contributed by atoms with Gasteiger partial charge in [-0.2, -0.15) is 0 Å². The highest BCUT2D eigenvalue weighted by molar-refractivity contribution is 8.72. The first-order valence-electron chi connectivity index (χ1n) is 2.53. The minimum atomic E-state index is -1.75. The van der Waals surface area contributed by atoms with E-state index in [1.165, 1.54) is 10.8 Å². The maximum atomic E-state index is 11.2. The van der Waals surface area contributed by atoms with E-state index in [1.807, 2.05) is 6.26 Å². The van der Waals surface area contributed by atoms with Gasteiger partial charge in [-0.05, 0) is 12.7 Å². The second kappa shape index (κ2) is 2.27. The summed E-state index contributed by atoms with van der Waals surface area (Å²) in [6.45, 7) is 0.805. The van der Waals surface area contributed by atoms with Crippen LogP contribution in [0.5, 0.6) is 0 Å². The van der Waals surface area contributed by atoms with Gasteiger partial charge in [0.2, 0.25) is 0 Å². The van der Waals surface area contributed by atoms with Gasteiger partial charge in [0.25, 0.3) is 0 Å². The Morgan fingerprint density at radius 2 is 2.50 bits per heavy atom. The zero-order valence-corrected chi connectivity index (χ0v) is 6.43. The summed E-state index contributed by atoms with van der Waals surface area (Å²) in [4.78, 5) is 0. The molecule has 1 atom stereocenters. The fourth-order valence-electron chi connectivity index (χ4n) is 0.651. The third kappa shape index (κ3) is 1.17. The Hall–Kier alpha value is 0.300. The summed E-state index contributed by atoms with van der Waals surface area (Å²) >= 11 is 0. The van der Waals surface area contributed by atoms with Crippen molar-refractivity contribution in [2.75, 3.05) is 18.6 Å². The van der Waals surface area contributed by atoms with Gasteiger partial charge in [-0.1, -0.05) is 10.8 Å². The van der Waals surface area contributed by atoms with E-state index in [4.69, 9.17) is 0 Å². The van der Waals surface area contributed by atoms with Crippen molar-refractivity contribution in [3.63, 3.8) is 0 Å². The molecule has 0 aromatic carbocycles. The summed E-state index contributed by atoms with van der Waals surface area (Å²) in [5.41, 5.74) is 0. The van der Waals surface area contributed by atoms with Crippen LogP contribution < -0.4 is 0 Å². The Balaban J connectivity index is 2.80. The Bertz CT molecular complexity index is 180. The number of rotatable bonds is 1. The molecule has 0 bridgehead atoms. The van der Waals surface area contributed by atoms with Crippen molar-refractivity contribution in [2.24, 2.45) is 4.36 Å². The molecule has 1 heterocycles. The highest BCUT2D eigenvalue weighted by Gasteiger charge is 2.11. The minimum absolute atomic E-state index is 0.800. The van der Waals surface area contributed by atoms with Crippen LogP contribution in [0.4, 0.5) is 0 Å². The van der Waals surface area contributed by atoms with Gasteiger partial charge in [-0.15, -0.1) is 0 Å². The normalized spacial score (nSPS) is 37.1. The van der Waals surface area contributed by atoms with E-state index in [0.29, 0.717) is 0 Å². The van der Waals surface area contributed by atoms with Gasteiger partial charge in [-0.3, -0.25) is 0 Å². The first-order chi connectivity index (χ1) is 3.77. The fourth-order valence-corrected chi connectivity index (χ4v) is 3.35. The van der Waals surface area contributed by atoms with Crippen LogP contribution in [0.2, 0.25) is 0 Å². The molecule has 1 aliphatic heterocycles. The van der Waals surface area contributed by atoms with Gasteiger partial charge in [0.05, 0.1) is 15.3 Å². The number of hydrogen-bond donors (Lipinski definition) is 0. The topological polar surface area (TPSA) is 29.4 Å². The Morgan fingerprint density at radius 3 is 2.75 bits per heavy atom. The maximum absolute atomic E-state index is 11.2. The van der Waals surface area contributed by atoms with Crippen molar-refractivity contribution in [3.05, 3.63) is 0 Å². The summed E-state index contributed by atoms with van der Waals surface area (Å²) < 4.78 is 15.1. The average molecular weight is 151 g/mol. The molecule has 1 rings (SSSR count). The number of nitrogens with zero attached hydrogens (tertiary/aromatic N) is 1. The molecule has 0 aromatic rings. The molecule has 1 aliphatic rings. The van der Waals surface area contributed by atoms with E-state index in [-0.39, 0.29) is 0 Å². The zero-order chi connectivity index (χ0) is 6.04. The van der Waals surface area contributed by atoms with Crippen molar-refractivity contribution in [3.8, 4) is 0 Å². The predicted molar refractivity (Wildman–Crippen MR) is 38.4 cm³/mol. The third-order valence-electron chi connectivity index (χ3n) is 1.11. The van der Waals surface area contributed by atoms with E-state index >= 15 is 0 Å². The van der Waals surface area contributed by atoms with Crippen LogP contribution in [-0.4, -0.2) is 22.8 Å². The van der Waals surface area contributed by atoms with Gasteiger partial charge < -0.3 is 0 Å². The quantitative estimate of drug-likeness (QED) is 0.526. The highest BCUT2D eigenvalue weighted by atomic mass is 33.1. The van der Waals surface area contributed by atoms with Gasteiger partial charge in [0.1, 0.15) is 0 Å². The molecule has 2 nitrogen and oxygen atoms in total. The molecule has 0 aliphatic carbocycles. The van der Waals surface area contributed by atoms with Crippen molar-refractivity contribution in [2.45, 2.75) is 6.42 Å². The van der Waals surface area contributed by atoms with Crippen LogP contribution in [0, 0.1) is 0 Å². The summed E-state index contributed by atoms with van der Waals surface area (Å²) in [7, 11) is -0.354. The Kier molecular flexibility index (Phi) is 1.82. The maximum Gasteiger partial charge on any atom is 0.0985 e. The van der Waals surface area contributed by atoms with Gasteiger partial charge in [0.15, 0.2) is 0 Å². The van der Waals surface area contributed by atoms with Crippen molar-refractivity contribution < 1.29 is 4.21 Å². The fraction of sp³-hybridized carbons (Fsp3) is 1.00. The summed E-state index contributed by atoms with van der Waals surface area (Å²) in [6.07, 6.45) is 2.87. The second-order valence-electron chi connectivity index (χ2n) is 1.66. The molecule has 48 valence electrons. The van der Waals surface area contributed by atoms with Crippen molar-refractivity contribution in [1.82, 2.24) is 0 Å². The van der Waals surface area contributed by atoms with Crippen molar-refractivity contribution in [1.29, 1.82) is 0 Å². The van der Waals surface area contributed by atoms with Crippen LogP contribution in [-0.2, 0) is 8.76 Å². The molecule has 0 amide bonds. The molecule has 0 spiro atoms. The first-order valence-corrected chi connectivity index (χ1v) is 5.95. The average Bonchev–Trinajstić information content (AvgIpc) is 2.17. The largest absolute Gasteiger partial charge is 0.239 e. The van der Waals surface area contributed by atoms with E-state index in [0.717, 1.165) is 18.7 Å². The lowest BCUT2D eigenvalue weighted by Gasteiger charge is -1.93. The molecule has 0 saturated heterocycles. The van der Waals surface area contributed by atoms with Gasteiger partial charge >= 0.3 is 0 Å². The third-order valence-corrected chi connectivity index (χ3v) is 5.39. The van der Waals surface area contributed by atoms with Gasteiger partial charge in [0, 0.05) is 5.75 Å². The summed E-state index contributed by atoms with van der Waals surface area (Å²) in [5.74, 6) is 0.800. The van der Waals surface area contributed by atoms with Crippen molar-refractivity contribution >= 4 is 19.6 Å². The molecule has 4 heteroatoms. The number of hydrogen-bond acceptors (Lipinski definition) is 3. The minimum Gasteiger partial charge on any atom is -0.239 e. The Morgan fingerprint density at radius 1 is 1.75 bits per heavy atom. The molecule has 0 radical (unpaired) electrons. The van der Waals surface area contributed by atoms with Crippen LogP contribution in [0.1, 0.15) is 6.42 Å². The van der Waals surface area contributed by atoms with Crippen LogP contribution in [0.15, 0.2) is 4.36 Å². The smallest absolute Gasteiger partial charge is 0.0985 e. The predicted octanol–water partition coefficient (Wildman–Crippen LogP) is 1.14. The SMILES string of the molecule is CSS1(=O)=NCCC1. The van der Waals surface area contributed by atoms with E-state index in [1.54, 1.807) is 0 Å². The molecular weight excluding hydrogens is 142 g/mol. The Labute approximate surface area is 53.6 Å². The zero-order valence-electron chi connectivity index (χ0n) is 4.79. The van der Waals surface area contributed by atoms with E-state index in [2.05, 4.69) is 4.36 Å². The molecule has 0 N–H and O–H groups in total.